The molecule has 0 aromatic carbocycles. The highest BCUT2D eigenvalue weighted by atomic mass is 16.5. The van der Waals surface area contributed by atoms with E-state index in [4.69, 9.17) is 10.5 Å². The van der Waals surface area contributed by atoms with Crippen LogP contribution in [0.3, 0.4) is 0 Å². The van der Waals surface area contributed by atoms with Crippen LogP contribution in [0.5, 0.6) is 0 Å². The Kier molecular flexibility index (Phi) is 3.41. The summed E-state index contributed by atoms with van der Waals surface area (Å²) in [6, 6.07) is -0.258. The zero-order valence-electron chi connectivity index (χ0n) is 9.80. The third kappa shape index (κ3) is 2.46. The molecule has 17 heavy (non-hydrogen) atoms. The number of nitrogens with two attached hydrogens (primary N) is 1. The van der Waals surface area contributed by atoms with Crippen molar-refractivity contribution >= 4 is 17.6 Å². The molecule has 0 saturated carbocycles. The Balaban J connectivity index is 2.17. The lowest BCUT2D eigenvalue weighted by atomic mass is 10.2. The lowest BCUT2D eigenvalue weighted by molar-refractivity contribution is -0.144. The van der Waals surface area contributed by atoms with Crippen LogP contribution >= 0.6 is 0 Å². The highest BCUT2D eigenvalue weighted by molar-refractivity contribution is 5.80. The fourth-order valence-corrected chi connectivity index (χ4v) is 2.03. The summed E-state index contributed by atoms with van der Waals surface area (Å²) in [6.45, 7) is 2.98. The van der Waals surface area contributed by atoms with Gasteiger partial charge >= 0.3 is 5.97 Å². The quantitative estimate of drug-likeness (QED) is 0.773. The van der Waals surface area contributed by atoms with Crippen molar-refractivity contribution < 1.29 is 9.53 Å². The summed E-state index contributed by atoms with van der Waals surface area (Å²) in [4.78, 5) is 21.8. The molecular weight excluding hydrogens is 220 g/mol. The van der Waals surface area contributed by atoms with Gasteiger partial charge in [-0.2, -0.15) is 0 Å². The molecule has 1 fully saturated rings. The summed E-state index contributed by atoms with van der Waals surface area (Å²) in [5, 5.41) is 0. The minimum Gasteiger partial charge on any atom is -0.464 e. The van der Waals surface area contributed by atoms with E-state index in [9.17, 15) is 4.79 Å². The summed E-state index contributed by atoms with van der Waals surface area (Å²) < 4.78 is 5.05. The predicted octanol–water partition coefficient (Wildman–Crippen LogP) is 0.591. The number of hydrogen-bond acceptors (Lipinski definition) is 6. The molecule has 1 aliphatic rings. The Hall–Kier alpha value is -1.85. The number of ether oxygens (including phenoxy) is 1. The van der Waals surface area contributed by atoms with Gasteiger partial charge in [0.15, 0.2) is 0 Å². The van der Waals surface area contributed by atoms with Crippen molar-refractivity contribution in [3.05, 3.63) is 12.4 Å². The molecular formula is C11H16N4O2. The van der Waals surface area contributed by atoms with E-state index < -0.39 is 0 Å². The molecule has 1 aromatic rings. The molecule has 0 bridgehead atoms. The number of esters is 1. The number of hydrogen-bond donors (Lipinski definition) is 1. The first kappa shape index (κ1) is 11.6. The molecule has 0 spiro atoms. The van der Waals surface area contributed by atoms with Gasteiger partial charge in [-0.05, 0) is 19.8 Å². The van der Waals surface area contributed by atoms with E-state index in [-0.39, 0.29) is 12.0 Å². The molecule has 1 unspecified atom stereocenters. The molecule has 1 aromatic heterocycles. The molecule has 2 heterocycles. The normalized spacial score (nSPS) is 19.4. The van der Waals surface area contributed by atoms with E-state index in [1.165, 1.54) is 6.20 Å². The Labute approximate surface area is 99.8 Å². The summed E-state index contributed by atoms with van der Waals surface area (Å²) in [7, 11) is 0. The average molecular weight is 236 g/mol. The van der Waals surface area contributed by atoms with Crippen molar-refractivity contribution in [3.8, 4) is 0 Å². The highest BCUT2D eigenvalue weighted by Crippen LogP contribution is 2.24. The van der Waals surface area contributed by atoms with Crippen molar-refractivity contribution in [1.82, 2.24) is 9.97 Å². The first-order valence-corrected chi connectivity index (χ1v) is 5.73. The molecule has 6 heteroatoms. The molecule has 0 radical (unpaired) electrons. The third-order valence-corrected chi connectivity index (χ3v) is 2.75. The third-order valence-electron chi connectivity index (χ3n) is 2.75. The molecule has 2 N–H and O–H groups in total. The van der Waals surface area contributed by atoms with Gasteiger partial charge in [0.2, 0.25) is 0 Å². The molecule has 92 valence electrons. The van der Waals surface area contributed by atoms with Crippen LogP contribution in [-0.4, -0.2) is 35.1 Å². The van der Waals surface area contributed by atoms with Crippen LogP contribution in [0.4, 0.5) is 11.6 Å². The van der Waals surface area contributed by atoms with E-state index >= 15 is 0 Å². The Morgan fingerprint density at radius 1 is 1.65 bits per heavy atom. The van der Waals surface area contributed by atoms with Gasteiger partial charge in [-0.1, -0.05) is 0 Å². The molecule has 1 atom stereocenters. The Morgan fingerprint density at radius 3 is 3.18 bits per heavy atom. The lowest BCUT2D eigenvalue weighted by Crippen LogP contribution is -2.38. The van der Waals surface area contributed by atoms with Crippen LogP contribution in [0.2, 0.25) is 0 Å². The molecule has 0 aliphatic carbocycles. The maximum absolute atomic E-state index is 11.8. The maximum atomic E-state index is 11.8. The van der Waals surface area contributed by atoms with Crippen molar-refractivity contribution in [1.29, 1.82) is 0 Å². The van der Waals surface area contributed by atoms with E-state index in [2.05, 4.69) is 9.97 Å². The number of nitrogens with zero attached hydrogens (tertiary/aromatic N) is 3. The second-order valence-electron chi connectivity index (χ2n) is 3.91. The summed E-state index contributed by atoms with van der Waals surface area (Å²) >= 11 is 0. The summed E-state index contributed by atoms with van der Waals surface area (Å²) in [5.74, 6) is 0.798. The molecule has 2 rings (SSSR count). The highest BCUT2D eigenvalue weighted by Gasteiger charge is 2.32. The second kappa shape index (κ2) is 4.99. The number of carbonyl (C=O) groups is 1. The van der Waals surface area contributed by atoms with Crippen LogP contribution in [0.1, 0.15) is 19.8 Å². The minimum atomic E-state index is -0.258. The SMILES string of the molecule is CCOC(=O)C1CCCN1c1cncc(N)n1. The Bertz CT molecular complexity index is 410. The van der Waals surface area contributed by atoms with E-state index in [0.717, 1.165) is 19.4 Å². The predicted molar refractivity (Wildman–Crippen MR) is 63.4 cm³/mol. The number of rotatable bonds is 3. The van der Waals surface area contributed by atoms with Crippen LogP contribution in [-0.2, 0) is 9.53 Å². The molecule has 6 nitrogen and oxygen atoms in total. The molecule has 0 amide bonds. The zero-order chi connectivity index (χ0) is 12.3. The topological polar surface area (TPSA) is 81.3 Å². The lowest BCUT2D eigenvalue weighted by Gasteiger charge is -2.23. The van der Waals surface area contributed by atoms with Crippen molar-refractivity contribution in [2.45, 2.75) is 25.8 Å². The maximum Gasteiger partial charge on any atom is 0.328 e. The molecule has 1 aliphatic heterocycles. The average Bonchev–Trinajstić information content (AvgIpc) is 2.78. The number of nitrogen functional groups attached to an aromatic ring is 1. The van der Waals surface area contributed by atoms with Crippen LogP contribution in [0.25, 0.3) is 0 Å². The van der Waals surface area contributed by atoms with Crippen LogP contribution < -0.4 is 10.6 Å². The van der Waals surface area contributed by atoms with Crippen molar-refractivity contribution in [2.75, 3.05) is 23.8 Å². The van der Waals surface area contributed by atoms with Crippen molar-refractivity contribution in [3.63, 3.8) is 0 Å². The van der Waals surface area contributed by atoms with Gasteiger partial charge in [0.05, 0.1) is 19.0 Å². The first-order chi connectivity index (χ1) is 8.22. The van der Waals surface area contributed by atoms with Crippen molar-refractivity contribution in [2.24, 2.45) is 0 Å². The number of carbonyl (C=O) groups excluding carboxylic acids is 1. The van der Waals surface area contributed by atoms with Gasteiger partial charge < -0.3 is 15.4 Å². The molecule has 1 saturated heterocycles. The van der Waals surface area contributed by atoms with E-state index in [0.29, 0.717) is 18.2 Å². The van der Waals surface area contributed by atoms with Gasteiger partial charge in [-0.25, -0.2) is 9.78 Å². The monoisotopic (exact) mass is 236 g/mol. The standard InChI is InChI=1S/C11H16N4O2/c1-2-17-11(16)8-4-3-5-15(8)10-7-13-6-9(12)14-10/h6-8H,2-5H2,1H3,(H2,12,14). The van der Waals surface area contributed by atoms with Crippen LogP contribution in [0.15, 0.2) is 12.4 Å². The largest absolute Gasteiger partial charge is 0.464 e. The van der Waals surface area contributed by atoms with Gasteiger partial charge in [0.1, 0.15) is 17.7 Å². The van der Waals surface area contributed by atoms with Gasteiger partial charge in [0, 0.05) is 6.54 Å². The fourth-order valence-electron chi connectivity index (χ4n) is 2.03. The smallest absolute Gasteiger partial charge is 0.328 e. The minimum absolute atomic E-state index is 0.200. The van der Waals surface area contributed by atoms with E-state index in [1.807, 2.05) is 4.90 Å². The number of aromatic nitrogens is 2. The first-order valence-electron chi connectivity index (χ1n) is 5.73. The fraction of sp³-hybridized carbons (Fsp3) is 0.545. The van der Waals surface area contributed by atoms with E-state index in [1.54, 1.807) is 13.1 Å². The van der Waals surface area contributed by atoms with Gasteiger partial charge in [0.25, 0.3) is 0 Å². The Morgan fingerprint density at radius 2 is 2.47 bits per heavy atom. The van der Waals surface area contributed by atoms with Crippen LogP contribution in [0, 0.1) is 0 Å². The zero-order valence-corrected chi connectivity index (χ0v) is 9.80. The van der Waals surface area contributed by atoms with Gasteiger partial charge in [-0.15, -0.1) is 0 Å². The number of anilines is 2. The summed E-state index contributed by atoms with van der Waals surface area (Å²) in [6.07, 6.45) is 4.84. The van der Waals surface area contributed by atoms with Gasteiger partial charge in [-0.3, -0.25) is 4.98 Å². The summed E-state index contributed by atoms with van der Waals surface area (Å²) in [5.41, 5.74) is 5.59. The second-order valence-corrected chi connectivity index (χ2v) is 3.91.